The Balaban J connectivity index is 1.40. The van der Waals surface area contributed by atoms with Gasteiger partial charge in [0, 0.05) is 18.1 Å². The minimum absolute atomic E-state index is 0.113. The van der Waals surface area contributed by atoms with Crippen LogP contribution in [0.3, 0.4) is 0 Å². The molecule has 2 saturated heterocycles. The van der Waals surface area contributed by atoms with Crippen LogP contribution in [0.2, 0.25) is 0 Å². The summed E-state index contributed by atoms with van der Waals surface area (Å²) < 4.78 is 6.37. The van der Waals surface area contributed by atoms with Gasteiger partial charge in [0.1, 0.15) is 5.75 Å². The van der Waals surface area contributed by atoms with Gasteiger partial charge in [0.15, 0.2) is 0 Å². The topological polar surface area (TPSA) is 110 Å². The second-order valence-corrected chi connectivity index (χ2v) is 11.4. The average Bonchev–Trinajstić information content (AvgIpc) is 3.46. The highest BCUT2D eigenvalue weighted by Crippen LogP contribution is 2.52. The zero-order valence-corrected chi connectivity index (χ0v) is 23.2. The highest BCUT2D eigenvalue weighted by molar-refractivity contribution is 6.22. The Morgan fingerprint density at radius 1 is 1.12 bits per heavy atom. The number of rotatable bonds is 9. The van der Waals surface area contributed by atoms with Gasteiger partial charge >= 0.3 is 0 Å². The van der Waals surface area contributed by atoms with Crippen LogP contribution in [-0.2, 0) is 14.3 Å². The van der Waals surface area contributed by atoms with E-state index in [1.165, 1.54) is 34.9 Å². The normalized spacial score (nSPS) is 24.6. The van der Waals surface area contributed by atoms with Crippen LogP contribution in [0.15, 0.2) is 65.3 Å². The molecule has 2 aromatic rings. The van der Waals surface area contributed by atoms with Crippen molar-refractivity contribution in [3.63, 3.8) is 0 Å². The lowest BCUT2D eigenvalue weighted by molar-refractivity contribution is -0.384. The summed E-state index contributed by atoms with van der Waals surface area (Å²) in [5.41, 5.74) is 4.84. The fraction of sp³-hybridized carbons (Fsp3) is 0.438. The number of carbonyl (C=O) groups excluding carboxylic acids is 2. The number of hydrogen-bond acceptors (Lipinski definition) is 6. The van der Waals surface area contributed by atoms with Crippen LogP contribution in [0.25, 0.3) is 6.08 Å². The minimum Gasteiger partial charge on any atom is -0.508 e. The minimum atomic E-state index is -0.517. The van der Waals surface area contributed by atoms with Crippen molar-refractivity contribution in [1.29, 1.82) is 0 Å². The van der Waals surface area contributed by atoms with Crippen LogP contribution in [0.4, 0.5) is 11.4 Å². The molecule has 8 nitrogen and oxygen atoms in total. The van der Waals surface area contributed by atoms with E-state index in [-0.39, 0.29) is 46.9 Å². The number of nitrogens with zero attached hydrogens (tertiary/aromatic N) is 2. The summed E-state index contributed by atoms with van der Waals surface area (Å²) in [4.78, 5) is 39.3. The SMILES string of the molecule is CCC/C(=C\c1ccc(O)cc1)CC[C@H]1OC[C@H]2C1=C(C(C)C)C[C@H]1C(=O)N(c3cccc([N+](=O)[O-])c3)C(=O)[C@H]12. The summed E-state index contributed by atoms with van der Waals surface area (Å²) in [6.07, 6.45) is 6.20. The fourth-order valence-electron chi connectivity index (χ4n) is 6.67. The van der Waals surface area contributed by atoms with Gasteiger partial charge in [-0.1, -0.05) is 62.6 Å². The monoisotopic (exact) mass is 544 g/mol. The number of aromatic hydroxyl groups is 1. The van der Waals surface area contributed by atoms with Crippen LogP contribution in [0.1, 0.15) is 58.4 Å². The Hall–Kier alpha value is -3.78. The van der Waals surface area contributed by atoms with Crippen LogP contribution >= 0.6 is 0 Å². The van der Waals surface area contributed by atoms with Crippen molar-refractivity contribution in [3.8, 4) is 5.75 Å². The van der Waals surface area contributed by atoms with E-state index in [4.69, 9.17) is 4.74 Å². The number of fused-ring (bicyclic) bond motifs is 3. The number of non-ortho nitro benzene ring substituents is 1. The summed E-state index contributed by atoms with van der Waals surface area (Å²) in [6.45, 7) is 6.80. The van der Waals surface area contributed by atoms with Gasteiger partial charge in [-0.2, -0.15) is 0 Å². The van der Waals surface area contributed by atoms with E-state index in [0.29, 0.717) is 13.0 Å². The third kappa shape index (κ3) is 5.20. The van der Waals surface area contributed by atoms with Gasteiger partial charge in [-0.3, -0.25) is 19.7 Å². The van der Waals surface area contributed by atoms with Crippen molar-refractivity contribution in [3.05, 3.63) is 80.9 Å². The maximum atomic E-state index is 13.8. The number of nitro benzene ring substituents is 1. The number of nitro groups is 1. The van der Waals surface area contributed by atoms with Gasteiger partial charge in [-0.15, -0.1) is 0 Å². The molecule has 1 N–H and O–H groups in total. The Bertz CT molecular complexity index is 1380. The number of ether oxygens (including phenoxy) is 1. The van der Waals surface area contributed by atoms with E-state index in [9.17, 15) is 24.8 Å². The molecule has 2 heterocycles. The van der Waals surface area contributed by atoms with Crippen molar-refractivity contribution in [1.82, 2.24) is 0 Å². The molecule has 2 amide bonds. The summed E-state index contributed by atoms with van der Waals surface area (Å²) in [6, 6.07) is 12.9. The van der Waals surface area contributed by atoms with E-state index in [1.807, 2.05) is 12.1 Å². The smallest absolute Gasteiger partial charge is 0.271 e. The predicted octanol–water partition coefficient (Wildman–Crippen LogP) is 6.44. The van der Waals surface area contributed by atoms with Crippen molar-refractivity contribution in [2.75, 3.05) is 11.5 Å². The number of imide groups is 1. The van der Waals surface area contributed by atoms with Crippen LogP contribution in [0, 0.1) is 33.8 Å². The molecule has 0 bridgehead atoms. The molecule has 8 heteroatoms. The molecule has 0 saturated carbocycles. The highest BCUT2D eigenvalue weighted by atomic mass is 16.6. The average molecular weight is 545 g/mol. The lowest BCUT2D eigenvalue weighted by Crippen LogP contribution is -2.35. The van der Waals surface area contributed by atoms with Crippen LogP contribution in [0.5, 0.6) is 5.75 Å². The number of phenols is 1. The molecule has 2 fully saturated rings. The zero-order chi connectivity index (χ0) is 28.6. The molecule has 2 aliphatic heterocycles. The van der Waals surface area contributed by atoms with E-state index in [1.54, 1.807) is 18.2 Å². The predicted molar refractivity (Wildman–Crippen MR) is 153 cm³/mol. The fourth-order valence-corrected chi connectivity index (χ4v) is 6.67. The Kier molecular flexibility index (Phi) is 7.90. The Morgan fingerprint density at radius 2 is 1.88 bits per heavy atom. The second-order valence-electron chi connectivity index (χ2n) is 11.4. The summed E-state index contributed by atoms with van der Waals surface area (Å²) in [5, 5.41) is 21.0. The number of benzene rings is 2. The third-order valence-corrected chi connectivity index (χ3v) is 8.50. The molecule has 4 atom stereocenters. The number of anilines is 1. The van der Waals surface area contributed by atoms with E-state index >= 15 is 0 Å². The van der Waals surface area contributed by atoms with E-state index < -0.39 is 16.8 Å². The largest absolute Gasteiger partial charge is 0.508 e. The van der Waals surface area contributed by atoms with E-state index in [2.05, 4.69) is 26.8 Å². The lowest BCUT2D eigenvalue weighted by atomic mass is 9.67. The van der Waals surface area contributed by atoms with Gasteiger partial charge in [-0.25, -0.2) is 4.90 Å². The molecule has 3 aliphatic rings. The van der Waals surface area contributed by atoms with Gasteiger partial charge in [-0.05, 0) is 60.9 Å². The van der Waals surface area contributed by atoms with Gasteiger partial charge in [0.2, 0.25) is 11.8 Å². The highest BCUT2D eigenvalue weighted by Gasteiger charge is 2.57. The summed E-state index contributed by atoms with van der Waals surface area (Å²) in [5.74, 6) is -1.28. The third-order valence-electron chi connectivity index (χ3n) is 8.50. The molecule has 0 radical (unpaired) electrons. The molecular weight excluding hydrogens is 508 g/mol. The van der Waals surface area contributed by atoms with Crippen molar-refractivity contribution in [2.24, 2.45) is 23.7 Å². The van der Waals surface area contributed by atoms with Crippen molar-refractivity contribution in [2.45, 2.75) is 59.0 Å². The van der Waals surface area contributed by atoms with Crippen LogP contribution < -0.4 is 4.90 Å². The molecule has 5 rings (SSSR count). The standard InChI is InChI=1S/C32H36N2O6/c1-4-6-20(15-21-9-12-24(35)13-10-21)11-14-28-29-25(19(2)3)17-26-30(27(29)18-40-28)32(37)33(31(26)36)22-7-5-8-23(16-22)34(38)39/h5,7-10,12-13,15-16,19,26-28,30,35H,4,6,11,14,17-18H2,1-3H3/b20-15+/t26-,27+,28-,30-/m1/s1. The van der Waals surface area contributed by atoms with Gasteiger partial charge in [0.05, 0.1) is 35.2 Å². The molecular formula is C32H36N2O6. The van der Waals surface area contributed by atoms with Crippen molar-refractivity contribution >= 4 is 29.3 Å². The molecule has 40 heavy (non-hydrogen) atoms. The molecule has 0 spiro atoms. The molecule has 0 unspecified atom stereocenters. The van der Waals surface area contributed by atoms with E-state index in [0.717, 1.165) is 36.1 Å². The first-order valence-corrected chi connectivity index (χ1v) is 14.1. The first-order chi connectivity index (χ1) is 19.2. The molecule has 210 valence electrons. The Morgan fingerprint density at radius 3 is 2.55 bits per heavy atom. The Labute approximate surface area is 234 Å². The maximum Gasteiger partial charge on any atom is 0.271 e. The number of allylic oxidation sites excluding steroid dienone is 2. The summed E-state index contributed by atoms with van der Waals surface area (Å²) in [7, 11) is 0. The number of amides is 2. The van der Waals surface area contributed by atoms with Gasteiger partial charge < -0.3 is 9.84 Å². The van der Waals surface area contributed by atoms with Crippen molar-refractivity contribution < 1.29 is 24.4 Å². The first kappa shape index (κ1) is 27.8. The quantitative estimate of drug-likeness (QED) is 0.168. The lowest BCUT2D eigenvalue weighted by Gasteiger charge is -2.33. The van der Waals surface area contributed by atoms with Gasteiger partial charge in [0.25, 0.3) is 5.69 Å². The molecule has 0 aromatic heterocycles. The number of phenolic OH excluding ortho intramolecular Hbond substituents is 1. The van der Waals surface area contributed by atoms with Crippen LogP contribution in [-0.4, -0.2) is 34.6 Å². The summed E-state index contributed by atoms with van der Waals surface area (Å²) >= 11 is 0. The molecule has 1 aliphatic carbocycles. The molecule has 2 aromatic carbocycles. The first-order valence-electron chi connectivity index (χ1n) is 14.1. The number of carbonyl (C=O) groups is 2. The second kappa shape index (κ2) is 11.4. The maximum absolute atomic E-state index is 13.8. The zero-order valence-electron chi connectivity index (χ0n) is 23.2. The number of hydrogen-bond donors (Lipinski definition) is 1.